The van der Waals surface area contributed by atoms with Gasteiger partial charge < -0.3 is 9.80 Å². The second-order valence-electron chi connectivity index (χ2n) is 25.3. The average Bonchev–Trinajstić information content (AvgIpc) is 3.63. The van der Waals surface area contributed by atoms with E-state index in [2.05, 4.69) is 233 Å². The van der Waals surface area contributed by atoms with Crippen molar-refractivity contribution in [3.63, 3.8) is 0 Å². The Hall–Kier alpha value is -5.06. The van der Waals surface area contributed by atoms with Gasteiger partial charge in [0.2, 0.25) is 0 Å². The zero-order valence-corrected chi connectivity index (χ0v) is 43.0. The van der Waals surface area contributed by atoms with Crippen LogP contribution < -0.4 is 25.5 Å². The van der Waals surface area contributed by atoms with Crippen molar-refractivity contribution in [1.82, 2.24) is 0 Å². The normalized spacial score (nSPS) is 20.1. The molecule has 0 spiro atoms. The van der Waals surface area contributed by atoms with Gasteiger partial charge in [0.25, 0.3) is 6.71 Å². The highest BCUT2D eigenvalue weighted by Gasteiger charge is 2.50. The molecule has 2 nitrogen and oxygen atoms in total. The molecule has 336 valence electrons. The summed E-state index contributed by atoms with van der Waals surface area (Å²) in [6.45, 7) is 33.5. The number of fused-ring (bicyclic) bond motifs is 8. The quantitative estimate of drug-likeness (QED) is 0.163. The molecule has 3 aliphatic carbocycles. The number of benzene rings is 6. The highest BCUT2D eigenvalue weighted by molar-refractivity contribution is 7.33. The third kappa shape index (κ3) is 6.62. The molecule has 0 unspecified atom stereocenters. The highest BCUT2D eigenvalue weighted by Crippen LogP contribution is 2.59. The summed E-state index contributed by atoms with van der Waals surface area (Å²) in [5.41, 5.74) is 22.0. The third-order valence-electron chi connectivity index (χ3n) is 16.5. The van der Waals surface area contributed by atoms with E-state index in [1.807, 2.05) is 0 Å². The van der Waals surface area contributed by atoms with Crippen molar-refractivity contribution in [2.45, 2.75) is 155 Å². The van der Waals surface area contributed by atoms with Crippen molar-refractivity contribution >= 4 is 78.0 Å². The van der Waals surface area contributed by atoms with Crippen LogP contribution in [0.15, 0.2) is 115 Å². The maximum absolute atomic E-state index is 2.71. The van der Waals surface area contributed by atoms with Gasteiger partial charge in [0, 0.05) is 43.2 Å². The molecule has 7 aromatic rings. The van der Waals surface area contributed by atoms with Gasteiger partial charge in [0.05, 0.1) is 11.4 Å². The van der Waals surface area contributed by atoms with Gasteiger partial charge in [-0.25, -0.2) is 0 Å². The highest BCUT2D eigenvalue weighted by atomic mass is 32.1. The molecule has 0 amide bonds. The first kappa shape index (κ1) is 43.5. The lowest BCUT2D eigenvalue weighted by Crippen LogP contribution is -2.60. The summed E-state index contributed by atoms with van der Waals surface area (Å²) in [6.07, 6.45) is 5.12. The first-order valence-electron chi connectivity index (χ1n) is 24.8. The van der Waals surface area contributed by atoms with Gasteiger partial charge in [0.15, 0.2) is 0 Å². The van der Waals surface area contributed by atoms with E-state index in [0.29, 0.717) is 0 Å². The van der Waals surface area contributed by atoms with E-state index < -0.39 is 0 Å². The van der Waals surface area contributed by atoms with Gasteiger partial charge >= 0.3 is 0 Å². The fourth-order valence-electron chi connectivity index (χ4n) is 12.0. The first-order chi connectivity index (χ1) is 30.9. The van der Waals surface area contributed by atoms with Crippen LogP contribution in [0.4, 0.5) is 34.1 Å². The lowest BCUT2D eigenvalue weighted by Gasteiger charge is -2.52. The van der Waals surface area contributed by atoms with Crippen molar-refractivity contribution in [2.75, 3.05) is 9.80 Å². The van der Waals surface area contributed by atoms with Crippen LogP contribution in [0.5, 0.6) is 0 Å². The summed E-state index contributed by atoms with van der Waals surface area (Å²) in [4.78, 5) is 5.37. The van der Waals surface area contributed by atoms with E-state index in [1.54, 1.807) is 11.1 Å². The van der Waals surface area contributed by atoms with E-state index in [0.717, 1.165) is 0 Å². The molecule has 1 fully saturated rings. The summed E-state index contributed by atoms with van der Waals surface area (Å²) in [5, 5.41) is 1.42. The maximum atomic E-state index is 2.71. The van der Waals surface area contributed by atoms with Crippen LogP contribution in [0, 0.1) is 0 Å². The van der Waals surface area contributed by atoms with E-state index in [9.17, 15) is 0 Å². The molecule has 0 saturated heterocycles. The van der Waals surface area contributed by atoms with Gasteiger partial charge in [0.1, 0.15) is 0 Å². The minimum absolute atomic E-state index is 0.00586. The number of rotatable bonds is 3. The van der Waals surface area contributed by atoms with Crippen molar-refractivity contribution in [1.29, 1.82) is 0 Å². The number of hydrogen-bond donors (Lipinski definition) is 0. The van der Waals surface area contributed by atoms with Crippen LogP contribution >= 0.6 is 11.3 Å². The molecule has 66 heavy (non-hydrogen) atoms. The molecule has 0 radical (unpaired) electrons. The predicted molar refractivity (Wildman–Crippen MR) is 289 cm³/mol. The molecule has 0 atom stereocenters. The molecule has 6 aromatic carbocycles. The van der Waals surface area contributed by atoms with E-state index >= 15 is 0 Å². The second-order valence-corrected chi connectivity index (χ2v) is 26.4. The van der Waals surface area contributed by atoms with Crippen LogP contribution in [0.25, 0.3) is 21.2 Å². The van der Waals surface area contributed by atoms with Crippen molar-refractivity contribution in [3.8, 4) is 11.1 Å². The summed E-state index contributed by atoms with van der Waals surface area (Å²) >= 11 is 2.07. The maximum Gasteiger partial charge on any atom is 0.264 e. The SMILES string of the molecule is CC(C)(C)c1ccc(N2c3cc(C(C)(C)C)cc4c3B(c3cc(C(C)(C)C)ccc3N4c3ccc(C(C)(C)C)cc3-c3ccccc3)c3sc4cc5c(cc4c32)C2(C)CCC5(C)CC2)cc1. The number of thiophene rings is 1. The number of nitrogens with zero attached hydrogens (tertiary/aromatic N) is 2. The largest absolute Gasteiger partial charge is 0.311 e. The fourth-order valence-corrected chi connectivity index (χ4v) is 13.3. The molecule has 2 aliphatic heterocycles. The fraction of sp³-hybridized carbons (Fsp3) is 0.387. The lowest BCUT2D eigenvalue weighted by molar-refractivity contribution is 0.188. The number of hydrogen-bond acceptors (Lipinski definition) is 3. The molecule has 4 heteroatoms. The van der Waals surface area contributed by atoms with Gasteiger partial charge in [-0.3, -0.25) is 0 Å². The summed E-state index contributed by atoms with van der Waals surface area (Å²) < 4.78 is 2.89. The molecule has 2 bridgehead atoms. The van der Waals surface area contributed by atoms with Crippen LogP contribution in [-0.2, 0) is 32.5 Å². The van der Waals surface area contributed by atoms with Gasteiger partial charge in [-0.2, -0.15) is 0 Å². The molecular formula is C62H69BN2S. The minimum Gasteiger partial charge on any atom is -0.311 e. The zero-order valence-electron chi connectivity index (χ0n) is 42.2. The Kier molecular flexibility index (Phi) is 9.39. The Bertz CT molecular complexity index is 3100. The average molecular weight is 885 g/mol. The summed E-state index contributed by atoms with van der Waals surface area (Å²) in [6, 6.07) is 46.0. The van der Waals surface area contributed by atoms with E-state index in [4.69, 9.17) is 0 Å². The Morgan fingerprint density at radius 3 is 1.58 bits per heavy atom. The third-order valence-corrected chi connectivity index (χ3v) is 17.7. The molecule has 0 N–H and O–H groups in total. The number of anilines is 6. The molecule has 12 rings (SSSR count). The first-order valence-corrected chi connectivity index (χ1v) is 25.6. The Morgan fingerprint density at radius 1 is 0.485 bits per heavy atom. The van der Waals surface area contributed by atoms with Crippen LogP contribution in [0.1, 0.15) is 156 Å². The zero-order chi connectivity index (χ0) is 46.7. The van der Waals surface area contributed by atoms with Crippen LogP contribution in [-0.4, -0.2) is 6.71 Å². The summed E-state index contributed by atoms with van der Waals surface area (Å²) in [5.74, 6) is 0. The standard InChI is InChI=1S/C62H69BN2S/c1-57(2,3)39-20-24-43(25-21-39)64-51-34-42(60(10,11)12)35-52-54(51)63(56-55(64)45-36-46-47(37-53(45)66-56)62(14)30-28-61(46,13)29-31-62)48-33-41(59(7,8)9)23-27-50(48)65(52)49-26-22-40(58(4,5)6)32-44(49)38-18-16-15-17-19-38/h15-27,32-37H,28-31H2,1-14H3. The second kappa shape index (κ2) is 14.2. The molecule has 1 aromatic heterocycles. The predicted octanol–water partition coefficient (Wildman–Crippen LogP) is 15.9. The molecular weight excluding hydrogens is 816 g/mol. The van der Waals surface area contributed by atoms with E-state index in [-0.39, 0.29) is 39.2 Å². The monoisotopic (exact) mass is 885 g/mol. The van der Waals surface area contributed by atoms with Crippen molar-refractivity contribution < 1.29 is 0 Å². The Balaban J connectivity index is 1.28. The van der Waals surface area contributed by atoms with Crippen molar-refractivity contribution in [2.24, 2.45) is 0 Å². The van der Waals surface area contributed by atoms with Gasteiger partial charge in [-0.15, -0.1) is 11.3 Å². The van der Waals surface area contributed by atoms with E-state index in [1.165, 1.54) is 119 Å². The Morgan fingerprint density at radius 2 is 1.00 bits per heavy atom. The topological polar surface area (TPSA) is 6.48 Å². The van der Waals surface area contributed by atoms with Crippen molar-refractivity contribution in [3.05, 3.63) is 149 Å². The van der Waals surface area contributed by atoms with Gasteiger partial charge in [-0.05, 0) is 163 Å². The van der Waals surface area contributed by atoms with Crippen LogP contribution in [0.3, 0.4) is 0 Å². The Labute approximate surface area is 400 Å². The van der Waals surface area contributed by atoms with Crippen LogP contribution in [0.2, 0.25) is 0 Å². The molecule has 3 heterocycles. The summed E-state index contributed by atoms with van der Waals surface area (Å²) in [7, 11) is 0. The molecule has 1 saturated carbocycles. The minimum atomic E-state index is -0.109. The lowest BCUT2D eigenvalue weighted by atomic mass is 9.36. The smallest absolute Gasteiger partial charge is 0.264 e. The molecule has 5 aliphatic rings. The van der Waals surface area contributed by atoms with Gasteiger partial charge in [-0.1, -0.05) is 158 Å².